The molecule has 0 saturated heterocycles. The second-order valence-corrected chi connectivity index (χ2v) is 8.21. The number of nitrogens with zero attached hydrogens (tertiary/aromatic N) is 2. The van der Waals surface area contributed by atoms with Gasteiger partial charge in [0.25, 0.3) is 5.91 Å². The first kappa shape index (κ1) is 19.0. The topological polar surface area (TPSA) is 59.0 Å². The van der Waals surface area contributed by atoms with Crippen LogP contribution in [0.2, 0.25) is 0 Å². The molecule has 1 aliphatic rings. The van der Waals surface area contributed by atoms with Crippen LogP contribution in [0, 0.1) is 0 Å². The van der Waals surface area contributed by atoms with E-state index in [2.05, 4.69) is 31.7 Å². The summed E-state index contributed by atoms with van der Waals surface area (Å²) < 4.78 is 42.6. The molecule has 0 saturated carbocycles. The van der Waals surface area contributed by atoms with Crippen molar-refractivity contribution >= 4 is 44.7 Å². The second kappa shape index (κ2) is 7.25. The van der Waals surface area contributed by atoms with Crippen molar-refractivity contribution < 1.29 is 18.0 Å². The minimum Gasteiger partial charge on any atom is -0.362 e. The summed E-state index contributed by atoms with van der Waals surface area (Å²) in [6, 6.07) is 8.12. The maximum Gasteiger partial charge on any atom is 0.410 e. The Morgan fingerprint density at radius 1 is 1.29 bits per heavy atom. The largest absolute Gasteiger partial charge is 0.410 e. The van der Waals surface area contributed by atoms with Crippen LogP contribution in [0.15, 0.2) is 52.4 Å². The Morgan fingerprint density at radius 2 is 2.04 bits per heavy atom. The fraction of sp³-hybridized carbons (Fsp3) is 0.222. The first-order valence-electron chi connectivity index (χ1n) is 8.34. The molecular formula is C18H14BrF3N4OS. The van der Waals surface area contributed by atoms with E-state index in [1.54, 1.807) is 36.4 Å². The van der Waals surface area contributed by atoms with E-state index in [0.717, 1.165) is 14.0 Å². The van der Waals surface area contributed by atoms with Crippen LogP contribution in [0.5, 0.6) is 0 Å². The number of benzene rings is 1. The normalized spacial score (nSPS) is 19.0. The lowest BCUT2D eigenvalue weighted by molar-refractivity contribution is -0.173. The van der Waals surface area contributed by atoms with Crippen LogP contribution in [0.25, 0.3) is 0 Å². The first-order valence-corrected chi connectivity index (χ1v) is 10.0. The van der Waals surface area contributed by atoms with Crippen molar-refractivity contribution in [2.45, 2.75) is 24.7 Å². The molecule has 0 spiro atoms. The molecule has 0 unspecified atom stereocenters. The van der Waals surface area contributed by atoms with Gasteiger partial charge >= 0.3 is 6.18 Å². The number of amides is 1. The third-order valence-electron chi connectivity index (χ3n) is 4.47. The molecule has 0 fully saturated rings. The minimum atomic E-state index is -4.47. The highest BCUT2D eigenvalue weighted by Gasteiger charge is 2.47. The lowest BCUT2D eigenvalue weighted by Crippen LogP contribution is -2.36. The summed E-state index contributed by atoms with van der Waals surface area (Å²) in [7, 11) is 0. The lowest BCUT2D eigenvalue weighted by atomic mass is 10.0. The number of rotatable bonds is 3. The third-order valence-corrected chi connectivity index (χ3v) is 5.99. The Bertz CT molecular complexity index is 985. The van der Waals surface area contributed by atoms with Crippen LogP contribution < -0.4 is 10.6 Å². The molecule has 2 aromatic heterocycles. The molecule has 3 aromatic rings. The van der Waals surface area contributed by atoms with Crippen molar-refractivity contribution in [2.75, 3.05) is 10.6 Å². The number of halogens is 4. The Hall–Kier alpha value is -2.33. The summed E-state index contributed by atoms with van der Waals surface area (Å²) >= 11 is 4.68. The smallest absolute Gasteiger partial charge is 0.362 e. The number of nitrogens with one attached hydrogen (secondary N) is 2. The highest BCUT2D eigenvalue weighted by atomic mass is 79.9. The third kappa shape index (κ3) is 3.66. The summed E-state index contributed by atoms with van der Waals surface area (Å²) in [6.45, 7) is 0. The number of alkyl halides is 3. The molecule has 5 nitrogen and oxygen atoms in total. The van der Waals surface area contributed by atoms with E-state index in [1.807, 2.05) is 5.38 Å². The van der Waals surface area contributed by atoms with Crippen LogP contribution in [0.4, 0.5) is 24.7 Å². The highest BCUT2D eigenvalue weighted by Crippen LogP contribution is 2.45. The van der Waals surface area contributed by atoms with Gasteiger partial charge < -0.3 is 10.6 Å². The summed E-state index contributed by atoms with van der Waals surface area (Å²) in [5.41, 5.74) is 0.601. The number of anilines is 2. The van der Waals surface area contributed by atoms with Gasteiger partial charge in [0, 0.05) is 21.5 Å². The maximum atomic E-state index is 13.6. The molecule has 2 atom stereocenters. The number of carbonyl (C=O) groups is 1. The van der Waals surface area contributed by atoms with Gasteiger partial charge in [-0.05, 0) is 35.7 Å². The molecule has 0 bridgehead atoms. The Morgan fingerprint density at radius 3 is 2.68 bits per heavy atom. The molecule has 146 valence electrons. The monoisotopic (exact) mass is 470 g/mol. The average Bonchev–Trinajstić information content (AvgIpc) is 3.31. The van der Waals surface area contributed by atoms with Gasteiger partial charge in [-0.1, -0.05) is 22.0 Å². The summed E-state index contributed by atoms with van der Waals surface area (Å²) in [6.07, 6.45) is -3.49. The van der Waals surface area contributed by atoms with E-state index in [9.17, 15) is 18.0 Å². The summed E-state index contributed by atoms with van der Waals surface area (Å²) in [4.78, 5) is 13.5. The Balaban J connectivity index is 1.67. The van der Waals surface area contributed by atoms with Crippen LogP contribution in [-0.4, -0.2) is 21.9 Å². The van der Waals surface area contributed by atoms with E-state index >= 15 is 0 Å². The van der Waals surface area contributed by atoms with E-state index in [-0.39, 0.29) is 17.8 Å². The van der Waals surface area contributed by atoms with Crippen LogP contribution in [0.3, 0.4) is 0 Å². The summed E-state index contributed by atoms with van der Waals surface area (Å²) in [5, 5.41) is 11.4. The number of fused-ring (bicyclic) bond motifs is 1. The molecule has 0 aliphatic carbocycles. The molecule has 28 heavy (non-hydrogen) atoms. The van der Waals surface area contributed by atoms with Crippen molar-refractivity contribution in [3.63, 3.8) is 0 Å². The molecular weight excluding hydrogens is 457 g/mol. The van der Waals surface area contributed by atoms with Crippen LogP contribution in [-0.2, 0) is 0 Å². The van der Waals surface area contributed by atoms with Crippen molar-refractivity contribution in [3.8, 4) is 0 Å². The molecule has 1 aromatic carbocycles. The standard InChI is InChI=1S/C18H14BrF3N4OS/c19-10-3-5-11(6-4-10)24-17(27)12-9-23-26-15(18(20,21)22)8-13(25-16(12)26)14-2-1-7-28-14/h1-7,9,13,15,25H,8H2,(H,24,27)/t13-,15+/m1/s1. The maximum absolute atomic E-state index is 13.6. The van der Waals surface area contributed by atoms with E-state index in [0.29, 0.717) is 5.69 Å². The molecule has 2 N–H and O–H groups in total. The van der Waals surface area contributed by atoms with Gasteiger partial charge in [-0.2, -0.15) is 18.3 Å². The van der Waals surface area contributed by atoms with Gasteiger partial charge in [-0.25, -0.2) is 4.68 Å². The predicted octanol–water partition coefficient (Wildman–Crippen LogP) is 5.62. The van der Waals surface area contributed by atoms with Crippen molar-refractivity contribution in [1.29, 1.82) is 0 Å². The van der Waals surface area contributed by atoms with Crippen molar-refractivity contribution in [2.24, 2.45) is 0 Å². The molecule has 4 rings (SSSR count). The lowest BCUT2D eigenvalue weighted by Gasteiger charge is -2.33. The molecule has 1 aliphatic heterocycles. The molecule has 0 radical (unpaired) electrons. The average molecular weight is 471 g/mol. The van der Waals surface area contributed by atoms with Gasteiger partial charge in [0.15, 0.2) is 6.04 Å². The molecule has 3 heterocycles. The first-order chi connectivity index (χ1) is 13.3. The highest BCUT2D eigenvalue weighted by molar-refractivity contribution is 9.10. The van der Waals surface area contributed by atoms with Crippen LogP contribution >= 0.6 is 27.3 Å². The SMILES string of the molecule is O=C(Nc1ccc(Br)cc1)c1cnn2c1N[C@@H](c1cccs1)C[C@H]2C(F)(F)F. The minimum absolute atomic E-state index is 0.0680. The Labute approximate surface area is 170 Å². The fourth-order valence-electron chi connectivity index (χ4n) is 3.14. The van der Waals surface area contributed by atoms with Gasteiger partial charge in [-0.3, -0.25) is 4.79 Å². The quantitative estimate of drug-likeness (QED) is 0.522. The van der Waals surface area contributed by atoms with Crippen LogP contribution in [0.1, 0.15) is 33.7 Å². The zero-order valence-corrected chi connectivity index (χ0v) is 16.6. The van der Waals surface area contributed by atoms with Crippen molar-refractivity contribution in [1.82, 2.24) is 9.78 Å². The fourth-order valence-corrected chi connectivity index (χ4v) is 4.19. The van der Waals surface area contributed by atoms with E-state index in [4.69, 9.17) is 0 Å². The second-order valence-electron chi connectivity index (χ2n) is 6.32. The zero-order valence-electron chi connectivity index (χ0n) is 14.2. The molecule has 1 amide bonds. The number of hydrogen-bond acceptors (Lipinski definition) is 4. The van der Waals surface area contributed by atoms with Gasteiger partial charge in [0.2, 0.25) is 0 Å². The molecule has 10 heteroatoms. The van der Waals surface area contributed by atoms with Gasteiger partial charge in [0.05, 0.1) is 12.2 Å². The van der Waals surface area contributed by atoms with Crippen molar-refractivity contribution in [3.05, 3.63) is 62.9 Å². The number of carbonyl (C=O) groups excluding carboxylic acids is 1. The predicted molar refractivity (Wildman–Crippen MR) is 105 cm³/mol. The van der Waals surface area contributed by atoms with E-state index in [1.165, 1.54) is 17.5 Å². The zero-order chi connectivity index (χ0) is 19.9. The number of hydrogen-bond donors (Lipinski definition) is 2. The summed E-state index contributed by atoms with van der Waals surface area (Å²) in [5.74, 6) is -0.453. The Kier molecular flexibility index (Phi) is 4.92. The van der Waals surface area contributed by atoms with E-state index < -0.39 is 24.2 Å². The van der Waals surface area contributed by atoms with Gasteiger partial charge in [0.1, 0.15) is 11.4 Å². The van der Waals surface area contributed by atoms with Gasteiger partial charge in [-0.15, -0.1) is 11.3 Å². The number of aromatic nitrogens is 2. The number of thiophene rings is 1.